The second-order valence-corrected chi connectivity index (χ2v) is 30.4. The fourth-order valence-corrected chi connectivity index (χ4v) is 15.1. The summed E-state index contributed by atoms with van der Waals surface area (Å²) in [5.74, 6) is -0.852. The number of hydrogen-bond donors (Lipinski definition) is 7. The van der Waals surface area contributed by atoms with Crippen LogP contribution in [0.4, 0.5) is 16.2 Å². The smallest absolute Gasteiger partial charge is 0.410 e. The average Bonchev–Trinajstić information content (AvgIpc) is 1.67. The number of carbonyl (C=O) groups is 5. The second kappa shape index (κ2) is 38.1. The Bertz CT molecular complexity index is 4930. The highest BCUT2D eigenvalue weighted by atomic mass is 16.6. The lowest BCUT2D eigenvalue weighted by Crippen LogP contribution is -2.49. The van der Waals surface area contributed by atoms with Crippen LogP contribution < -0.4 is 37.2 Å². The van der Waals surface area contributed by atoms with E-state index in [0.29, 0.717) is 87.7 Å². The summed E-state index contributed by atoms with van der Waals surface area (Å²) in [6, 6.07) is 47.8. The SMILES string of the molecule is CCc1nc2c(cnn2CC)c(NC2CCOCC2)c1CNC(=O)c1ccc(C(=O)NCc2cccc(-c3cccc(CN4CCN(C(=O)OC(C)(C)C)CC4)c3)c2)cc1.CCc1nc2c(cnn2CC)c(NC2CCOCC2)c1CNC(=O)c1ccc(C(=O)NCc2cccc(-c3cccc(CN4CCNCC4)c3)c2)cc1. The number of aromatic nitrogens is 6. The van der Waals surface area contributed by atoms with Gasteiger partial charge in [-0.25, -0.2) is 24.1 Å². The molecule has 4 aliphatic rings. The largest absolute Gasteiger partial charge is 0.444 e. The molecule has 0 aliphatic carbocycles. The van der Waals surface area contributed by atoms with Gasteiger partial charge < -0.3 is 56.3 Å². The van der Waals surface area contributed by atoms with Crippen LogP contribution in [0.5, 0.6) is 0 Å². The molecule has 24 heteroatoms. The lowest BCUT2D eigenvalue weighted by molar-refractivity contribution is 0.0138. The van der Waals surface area contributed by atoms with Crippen LogP contribution in [0.2, 0.25) is 0 Å². The highest BCUT2D eigenvalue weighted by Gasteiger charge is 2.29. The zero-order chi connectivity index (χ0) is 78.8. The number of amides is 5. The molecule has 0 unspecified atom stereocenters. The maximum atomic E-state index is 13.5. The number of pyridine rings is 2. The van der Waals surface area contributed by atoms with E-state index in [-0.39, 0.29) is 41.8 Å². The van der Waals surface area contributed by atoms with E-state index in [4.69, 9.17) is 24.2 Å². The Morgan fingerprint density at radius 3 is 1.18 bits per heavy atom. The number of fused-ring (bicyclic) bond motifs is 2. The van der Waals surface area contributed by atoms with Crippen molar-refractivity contribution in [2.75, 3.05) is 89.4 Å². The Hall–Kier alpha value is -10.9. The number of hydrogen-bond acceptors (Lipinski definition) is 17. The van der Waals surface area contributed by atoms with E-state index in [1.54, 1.807) is 53.4 Å². The van der Waals surface area contributed by atoms with E-state index in [9.17, 15) is 24.0 Å². The van der Waals surface area contributed by atoms with Crippen LogP contribution in [0.1, 0.15) is 160 Å². The van der Waals surface area contributed by atoms with Crippen molar-refractivity contribution in [3.8, 4) is 22.3 Å². The summed E-state index contributed by atoms with van der Waals surface area (Å²) >= 11 is 0. The molecule has 113 heavy (non-hydrogen) atoms. The number of anilines is 2. The van der Waals surface area contributed by atoms with E-state index in [2.05, 4.69) is 158 Å². The van der Waals surface area contributed by atoms with Gasteiger partial charge in [-0.2, -0.15) is 10.2 Å². The quantitative estimate of drug-likeness (QED) is 0.0266. The molecular formula is C89H108N16O8. The molecule has 14 rings (SSSR count). The lowest BCUT2D eigenvalue weighted by atomic mass is 10.0. The summed E-state index contributed by atoms with van der Waals surface area (Å²) in [6.45, 7) is 28.4. The van der Waals surface area contributed by atoms with Crippen LogP contribution in [0.15, 0.2) is 158 Å². The highest BCUT2D eigenvalue weighted by Crippen LogP contribution is 2.34. The molecule has 24 nitrogen and oxygen atoms in total. The summed E-state index contributed by atoms with van der Waals surface area (Å²) in [7, 11) is 0. The molecule has 4 fully saturated rings. The number of benzene rings is 6. The fraction of sp³-hybridized carbons (Fsp3) is 0.404. The van der Waals surface area contributed by atoms with E-state index in [1.165, 1.54) is 16.7 Å². The molecule has 0 bridgehead atoms. The number of carbonyl (C=O) groups excluding carboxylic acids is 5. The van der Waals surface area contributed by atoms with Crippen LogP contribution in [-0.4, -0.2) is 170 Å². The predicted molar refractivity (Wildman–Crippen MR) is 443 cm³/mol. The van der Waals surface area contributed by atoms with Crippen molar-refractivity contribution < 1.29 is 38.2 Å². The van der Waals surface area contributed by atoms with E-state index >= 15 is 0 Å². The first-order chi connectivity index (χ1) is 55.0. The molecule has 4 aromatic heterocycles. The van der Waals surface area contributed by atoms with Gasteiger partial charge in [0.15, 0.2) is 11.3 Å². The van der Waals surface area contributed by atoms with Gasteiger partial charge in [0.1, 0.15) is 5.60 Å². The van der Waals surface area contributed by atoms with Crippen LogP contribution in [0.25, 0.3) is 44.3 Å². The Morgan fingerprint density at radius 1 is 0.460 bits per heavy atom. The monoisotopic (exact) mass is 1530 g/mol. The van der Waals surface area contributed by atoms with Gasteiger partial charge in [-0.05, 0) is 190 Å². The minimum absolute atomic E-state index is 0.191. The Morgan fingerprint density at radius 2 is 0.814 bits per heavy atom. The molecule has 0 radical (unpaired) electrons. The summed E-state index contributed by atoms with van der Waals surface area (Å²) in [6.07, 6.45) is 8.54. The van der Waals surface area contributed by atoms with Crippen molar-refractivity contribution in [3.05, 3.63) is 225 Å². The van der Waals surface area contributed by atoms with Gasteiger partial charge in [0.2, 0.25) is 0 Å². The molecule has 7 N–H and O–H groups in total. The number of rotatable bonds is 26. The molecule has 0 spiro atoms. The van der Waals surface area contributed by atoms with Gasteiger partial charge in [-0.1, -0.05) is 86.6 Å². The Balaban J connectivity index is 0.000000199. The first-order valence-electron chi connectivity index (χ1n) is 40.2. The molecular weight excluding hydrogens is 1420 g/mol. The van der Waals surface area contributed by atoms with E-state index in [0.717, 1.165) is 188 Å². The number of ether oxygens (including phenoxy) is 3. The molecule has 4 saturated heterocycles. The maximum absolute atomic E-state index is 13.5. The van der Waals surface area contributed by atoms with Crippen molar-refractivity contribution in [2.24, 2.45) is 0 Å². The third kappa shape index (κ3) is 20.9. The number of nitrogens with zero attached hydrogens (tertiary/aromatic N) is 9. The first kappa shape index (κ1) is 80.2. The normalized spacial score (nSPS) is 15.3. The highest BCUT2D eigenvalue weighted by molar-refractivity contribution is 6.00. The predicted octanol–water partition coefficient (Wildman–Crippen LogP) is 12.7. The summed E-state index contributed by atoms with van der Waals surface area (Å²) in [5.41, 5.74) is 17.8. The average molecular weight is 1530 g/mol. The van der Waals surface area contributed by atoms with Crippen LogP contribution >= 0.6 is 0 Å². The van der Waals surface area contributed by atoms with Crippen LogP contribution in [0, 0.1) is 0 Å². The number of piperazine rings is 2. The van der Waals surface area contributed by atoms with Crippen LogP contribution in [0.3, 0.4) is 0 Å². The van der Waals surface area contributed by atoms with Crippen molar-refractivity contribution in [3.63, 3.8) is 0 Å². The van der Waals surface area contributed by atoms with E-state index < -0.39 is 5.60 Å². The number of nitrogens with one attached hydrogen (secondary N) is 7. The minimum Gasteiger partial charge on any atom is -0.444 e. The van der Waals surface area contributed by atoms with Crippen molar-refractivity contribution in [2.45, 2.75) is 157 Å². The van der Waals surface area contributed by atoms with Gasteiger partial charge in [0, 0.05) is 188 Å². The maximum Gasteiger partial charge on any atom is 0.410 e. The molecule has 8 heterocycles. The summed E-state index contributed by atoms with van der Waals surface area (Å²) in [4.78, 5) is 82.3. The third-order valence-corrected chi connectivity index (χ3v) is 21.3. The molecule has 0 saturated carbocycles. The third-order valence-electron chi connectivity index (χ3n) is 21.3. The summed E-state index contributed by atoms with van der Waals surface area (Å²) < 4.78 is 20.6. The molecule has 6 aromatic carbocycles. The van der Waals surface area contributed by atoms with Gasteiger partial charge in [-0.3, -0.25) is 29.0 Å². The van der Waals surface area contributed by atoms with Gasteiger partial charge >= 0.3 is 6.09 Å². The van der Waals surface area contributed by atoms with Crippen molar-refractivity contribution in [1.82, 2.24) is 70.8 Å². The van der Waals surface area contributed by atoms with E-state index in [1.807, 2.05) is 66.8 Å². The standard InChI is InChI=1S/C47H58N8O5.C42H50N8O3/c1-6-41-39(42(51-38-18-24-59-25-19-38)40-30-50-55(7-2)43(40)52-41)29-49-45(57)35-16-14-34(15-17-35)44(56)48-28-32-10-8-12-36(26-32)37-13-9-11-33(27-37)31-53-20-22-54(23-21-53)46(58)60-47(3,4)5;1-3-38-36(39(47-35-15-21-53-22-16-35)37-27-46-50(4-2)40(37)48-38)26-45-42(52)32-13-11-31(12-14-32)41(51)44-25-29-7-5-9-33(23-29)34-10-6-8-30(24-34)28-49-19-17-43-18-20-49/h8-17,26-27,30,38H,6-7,18-25,28-29,31H2,1-5H3,(H,48,56)(H,49,57)(H,51,52);5-14,23-24,27,35,43H,3-4,15-22,25-26,28H2,1-2H3,(H,44,51)(H,45,52)(H,47,48). The molecule has 5 amide bonds. The molecule has 10 aromatic rings. The van der Waals surface area contributed by atoms with Gasteiger partial charge in [-0.15, -0.1) is 0 Å². The fourth-order valence-electron chi connectivity index (χ4n) is 15.1. The Kier molecular flexibility index (Phi) is 27.0. The minimum atomic E-state index is -0.504. The zero-order valence-electron chi connectivity index (χ0n) is 66.3. The second-order valence-electron chi connectivity index (χ2n) is 30.4. The molecule has 0 atom stereocenters. The van der Waals surface area contributed by atoms with Gasteiger partial charge in [0.25, 0.3) is 23.6 Å². The molecule has 4 aliphatic heterocycles. The van der Waals surface area contributed by atoms with Crippen LogP contribution in [-0.2, 0) is 79.4 Å². The number of aryl methyl sites for hydroxylation is 4. The Labute approximate surface area is 662 Å². The topological polar surface area (TPSA) is 268 Å². The lowest BCUT2D eigenvalue weighted by Gasteiger charge is -2.35. The zero-order valence-corrected chi connectivity index (χ0v) is 66.3. The van der Waals surface area contributed by atoms with Crippen molar-refractivity contribution in [1.29, 1.82) is 0 Å². The summed E-state index contributed by atoms with van der Waals surface area (Å²) in [5, 5.41) is 34.3. The first-order valence-corrected chi connectivity index (χ1v) is 40.2. The van der Waals surface area contributed by atoms with Crippen molar-refractivity contribution >= 4 is 63.2 Å². The molecule has 592 valence electrons. The van der Waals surface area contributed by atoms with Gasteiger partial charge in [0.05, 0.1) is 34.5 Å².